The van der Waals surface area contributed by atoms with Crippen LogP contribution in [0.1, 0.15) is 33.6 Å². The molecular formula is C13H25NO2. The SMILES string of the molecule is CC(C)N1CCC(OCC2(C)COC2)CC1. The van der Waals surface area contributed by atoms with E-state index in [1.54, 1.807) is 0 Å². The Kier molecular flexibility index (Phi) is 3.88. The first kappa shape index (κ1) is 12.3. The van der Waals surface area contributed by atoms with Crippen molar-refractivity contribution in [2.45, 2.75) is 45.8 Å². The van der Waals surface area contributed by atoms with Crippen molar-refractivity contribution >= 4 is 0 Å². The molecule has 2 rings (SSSR count). The van der Waals surface area contributed by atoms with Crippen LogP contribution in [0.25, 0.3) is 0 Å². The summed E-state index contributed by atoms with van der Waals surface area (Å²) < 4.78 is 11.2. The largest absolute Gasteiger partial charge is 0.380 e. The zero-order valence-electron chi connectivity index (χ0n) is 10.9. The molecule has 2 heterocycles. The summed E-state index contributed by atoms with van der Waals surface area (Å²) in [5.41, 5.74) is 0.301. The highest BCUT2D eigenvalue weighted by Gasteiger charge is 2.34. The quantitative estimate of drug-likeness (QED) is 0.732. The fraction of sp³-hybridized carbons (Fsp3) is 1.00. The smallest absolute Gasteiger partial charge is 0.0599 e. The lowest BCUT2D eigenvalue weighted by atomic mass is 9.90. The van der Waals surface area contributed by atoms with Crippen molar-refractivity contribution in [2.24, 2.45) is 5.41 Å². The summed E-state index contributed by atoms with van der Waals surface area (Å²) in [6.45, 7) is 11.8. The number of hydrogen-bond donors (Lipinski definition) is 0. The predicted molar refractivity (Wildman–Crippen MR) is 64.6 cm³/mol. The van der Waals surface area contributed by atoms with Crippen LogP contribution < -0.4 is 0 Å². The van der Waals surface area contributed by atoms with Crippen LogP contribution in [0.5, 0.6) is 0 Å². The highest BCUT2D eigenvalue weighted by Crippen LogP contribution is 2.28. The van der Waals surface area contributed by atoms with Gasteiger partial charge in [0.15, 0.2) is 0 Å². The average molecular weight is 227 g/mol. The Morgan fingerprint density at radius 3 is 2.38 bits per heavy atom. The molecule has 0 spiro atoms. The molecule has 2 aliphatic heterocycles. The minimum atomic E-state index is 0.301. The van der Waals surface area contributed by atoms with Crippen LogP contribution in [-0.2, 0) is 9.47 Å². The summed E-state index contributed by atoms with van der Waals surface area (Å²) in [5.74, 6) is 0. The molecule has 0 saturated carbocycles. The van der Waals surface area contributed by atoms with Crippen molar-refractivity contribution in [3.63, 3.8) is 0 Å². The molecule has 0 amide bonds. The molecule has 16 heavy (non-hydrogen) atoms. The summed E-state index contributed by atoms with van der Waals surface area (Å²) in [6, 6.07) is 0.679. The van der Waals surface area contributed by atoms with Gasteiger partial charge in [-0.05, 0) is 26.7 Å². The highest BCUT2D eigenvalue weighted by molar-refractivity contribution is 4.82. The Hall–Kier alpha value is -0.120. The maximum Gasteiger partial charge on any atom is 0.0599 e. The van der Waals surface area contributed by atoms with Crippen LogP contribution in [0.3, 0.4) is 0 Å². The molecule has 2 saturated heterocycles. The van der Waals surface area contributed by atoms with Gasteiger partial charge in [-0.25, -0.2) is 0 Å². The lowest BCUT2D eigenvalue weighted by molar-refractivity contribution is -0.153. The third-order valence-corrected chi connectivity index (χ3v) is 3.78. The highest BCUT2D eigenvalue weighted by atomic mass is 16.5. The van der Waals surface area contributed by atoms with Gasteiger partial charge in [0.05, 0.1) is 25.9 Å². The van der Waals surface area contributed by atoms with Gasteiger partial charge in [-0.15, -0.1) is 0 Å². The Bertz CT molecular complexity index is 218. The van der Waals surface area contributed by atoms with E-state index < -0.39 is 0 Å². The van der Waals surface area contributed by atoms with Crippen LogP contribution >= 0.6 is 0 Å². The molecule has 0 aromatic rings. The fourth-order valence-electron chi connectivity index (χ4n) is 2.41. The predicted octanol–water partition coefficient (Wildman–Crippen LogP) is 1.91. The number of nitrogens with zero attached hydrogens (tertiary/aromatic N) is 1. The minimum Gasteiger partial charge on any atom is -0.380 e. The summed E-state index contributed by atoms with van der Waals surface area (Å²) in [7, 11) is 0. The maximum atomic E-state index is 6.01. The van der Waals surface area contributed by atoms with Gasteiger partial charge >= 0.3 is 0 Å². The summed E-state index contributed by atoms with van der Waals surface area (Å²) in [4.78, 5) is 2.54. The molecular weight excluding hydrogens is 202 g/mol. The second-order valence-corrected chi connectivity index (χ2v) is 5.94. The number of likely N-dealkylation sites (tertiary alicyclic amines) is 1. The summed E-state index contributed by atoms with van der Waals surface area (Å²) in [6.07, 6.45) is 2.86. The summed E-state index contributed by atoms with van der Waals surface area (Å²) in [5, 5.41) is 0. The topological polar surface area (TPSA) is 21.7 Å². The molecule has 0 bridgehead atoms. The molecule has 2 fully saturated rings. The molecule has 2 aliphatic rings. The van der Waals surface area contributed by atoms with E-state index in [1.807, 2.05) is 0 Å². The van der Waals surface area contributed by atoms with Gasteiger partial charge in [-0.2, -0.15) is 0 Å². The van der Waals surface area contributed by atoms with Crippen LogP contribution in [0.2, 0.25) is 0 Å². The van der Waals surface area contributed by atoms with E-state index in [1.165, 1.54) is 25.9 Å². The second-order valence-electron chi connectivity index (χ2n) is 5.94. The van der Waals surface area contributed by atoms with Gasteiger partial charge in [0, 0.05) is 24.5 Å². The molecule has 0 N–H and O–H groups in total. The van der Waals surface area contributed by atoms with Gasteiger partial charge in [0.25, 0.3) is 0 Å². The van der Waals surface area contributed by atoms with Gasteiger partial charge in [0.2, 0.25) is 0 Å². The third-order valence-electron chi connectivity index (χ3n) is 3.78. The molecule has 0 unspecified atom stereocenters. The lowest BCUT2D eigenvalue weighted by Crippen LogP contribution is -2.46. The van der Waals surface area contributed by atoms with E-state index in [2.05, 4.69) is 25.7 Å². The first-order valence-corrected chi connectivity index (χ1v) is 6.52. The van der Waals surface area contributed by atoms with Gasteiger partial charge in [0.1, 0.15) is 0 Å². The number of piperidine rings is 1. The van der Waals surface area contributed by atoms with Crippen molar-refractivity contribution in [3.05, 3.63) is 0 Å². The van der Waals surface area contributed by atoms with Crippen molar-refractivity contribution in [2.75, 3.05) is 32.9 Å². The third kappa shape index (κ3) is 2.96. The lowest BCUT2D eigenvalue weighted by Gasteiger charge is -2.40. The molecule has 0 aliphatic carbocycles. The first-order valence-electron chi connectivity index (χ1n) is 6.52. The molecule has 0 atom stereocenters. The second kappa shape index (κ2) is 5.03. The maximum absolute atomic E-state index is 6.01. The van der Waals surface area contributed by atoms with Crippen molar-refractivity contribution < 1.29 is 9.47 Å². The zero-order valence-corrected chi connectivity index (χ0v) is 10.9. The van der Waals surface area contributed by atoms with Crippen molar-refractivity contribution in [1.82, 2.24) is 4.90 Å². The van der Waals surface area contributed by atoms with Gasteiger partial charge in [-0.1, -0.05) is 6.92 Å². The van der Waals surface area contributed by atoms with E-state index >= 15 is 0 Å². The van der Waals surface area contributed by atoms with Gasteiger partial charge in [-0.3, -0.25) is 0 Å². The van der Waals surface area contributed by atoms with Crippen LogP contribution in [0, 0.1) is 5.41 Å². The Morgan fingerprint density at radius 2 is 1.94 bits per heavy atom. The van der Waals surface area contributed by atoms with Crippen molar-refractivity contribution in [3.8, 4) is 0 Å². The Morgan fingerprint density at radius 1 is 1.31 bits per heavy atom. The van der Waals surface area contributed by atoms with Crippen LogP contribution in [0.4, 0.5) is 0 Å². The zero-order chi connectivity index (χ0) is 11.6. The molecule has 0 radical (unpaired) electrons. The first-order chi connectivity index (χ1) is 7.59. The van der Waals surface area contributed by atoms with Gasteiger partial charge < -0.3 is 14.4 Å². The number of rotatable bonds is 4. The van der Waals surface area contributed by atoms with E-state index in [4.69, 9.17) is 9.47 Å². The molecule has 0 aromatic heterocycles. The van der Waals surface area contributed by atoms with Crippen LogP contribution in [-0.4, -0.2) is 50.0 Å². The van der Waals surface area contributed by atoms with Crippen molar-refractivity contribution in [1.29, 1.82) is 0 Å². The molecule has 3 nitrogen and oxygen atoms in total. The van der Waals surface area contributed by atoms with E-state index in [9.17, 15) is 0 Å². The number of ether oxygens (including phenoxy) is 2. The summed E-state index contributed by atoms with van der Waals surface area (Å²) >= 11 is 0. The minimum absolute atomic E-state index is 0.301. The van der Waals surface area contributed by atoms with E-state index in [-0.39, 0.29) is 0 Å². The molecule has 0 aromatic carbocycles. The Labute approximate surface area is 99.1 Å². The fourth-order valence-corrected chi connectivity index (χ4v) is 2.41. The van der Waals surface area contributed by atoms with E-state index in [0.29, 0.717) is 17.6 Å². The normalized spacial score (nSPS) is 27.0. The average Bonchev–Trinajstić information content (AvgIpc) is 2.24. The Balaban J connectivity index is 1.65. The molecule has 94 valence electrons. The standard InChI is InChI=1S/C13H25NO2/c1-11(2)14-6-4-12(5-7-14)16-10-13(3)8-15-9-13/h11-12H,4-10H2,1-3H3. The molecule has 3 heteroatoms. The monoisotopic (exact) mass is 227 g/mol. The number of hydrogen-bond acceptors (Lipinski definition) is 3. The van der Waals surface area contributed by atoms with Crippen LogP contribution in [0.15, 0.2) is 0 Å². The van der Waals surface area contributed by atoms with E-state index in [0.717, 1.165) is 19.8 Å².